The van der Waals surface area contributed by atoms with Gasteiger partial charge in [0.15, 0.2) is 5.78 Å². The number of carbonyl (C=O) groups excluding carboxylic acids is 3. The molecule has 0 bridgehead atoms. The second kappa shape index (κ2) is 24.1. The minimum Gasteiger partial charge on any atom is -0.444 e. The average molecular weight is 693 g/mol. The number of rotatable bonds is 8. The summed E-state index contributed by atoms with van der Waals surface area (Å²) in [6.45, 7) is 19.9. The highest BCUT2D eigenvalue weighted by molar-refractivity contribution is 5.94. The van der Waals surface area contributed by atoms with E-state index < -0.39 is 17.3 Å². The molecule has 4 rings (SSSR count). The lowest BCUT2D eigenvalue weighted by atomic mass is 10.1. The smallest absolute Gasteiger partial charge is 0.411 e. The van der Waals surface area contributed by atoms with Gasteiger partial charge >= 0.3 is 12.2 Å². The molecule has 0 unspecified atom stereocenters. The number of likely N-dealkylation sites (N-methyl/N-ethyl adjacent to an activating group) is 4. The Labute approximate surface area is 289 Å². The van der Waals surface area contributed by atoms with Crippen LogP contribution in [0.25, 0.3) is 0 Å². The molecule has 4 aliphatic rings. The number of ether oxygens (including phenoxy) is 3. The Morgan fingerprint density at radius 1 is 0.792 bits per heavy atom. The fourth-order valence-electron chi connectivity index (χ4n) is 4.29. The van der Waals surface area contributed by atoms with Crippen LogP contribution in [0.5, 0.6) is 0 Å². The van der Waals surface area contributed by atoms with Gasteiger partial charge in [0.25, 0.3) is 0 Å². The molecule has 0 spiro atoms. The third-order valence-corrected chi connectivity index (χ3v) is 7.29. The van der Waals surface area contributed by atoms with E-state index in [4.69, 9.17) is 29.5 Å². The summed E-state index contributed by atoms with van der Waals surface area (Å²) < 4.78 is 15.2. The van der Waals surface area contributed by atoms with Gasteiger partial charge in [0.1, 0.15) is 11.2 Å². The molecule has 0 aromatic heterocycles. The highest BCUT2D eigenvalue weighted by Gasteiger charge is 2.35. The zero-order chi connectivity index (χ0) is 36.9. The Bertz CT molecular complexity index is 863. The Hall–Kier alpha value is -2.11. The molecule has 0 atom stereocenters. The van der Waals surface area contributed by atoms with E-state index in [1.54, 1.807) is 32.7 Å². The van der Waals surface area contributed by atoms with Gasteiger partial charge in [-0.2, -0.15) is 0 Å². The number of aliphatic hydroxyl groups is 3. The Kier molecular flexibility index (Phi) is 23.0. The number of amides is 2. The lowest BCUT2D eigenvalue weighted by Gasteiger charge is -2.43. The second-order valence-corrected chi connectivity index (χ2v) is 14.3. The summed E-state index contributed by atoms with van der Waals surface area (Å²) in [6, 6.07) is 1.02. The molecule has 0 aliphatic carbocycles. The van der Waals surface area contributed by atoms with Crippen LogP contribution in [-0.2, 0) is 19.0 Å². The zero-order valence-corrected chi connectivity index (χ0v) is 31.5. The summed E-state index contributed by atoms with van der Waals surface area (Å²) in [5.41, 5.74) is -0.908. The lowest BCUT2D eigenvalue weighted by molar-refractivity contribution is -0.128. The zero-order valence-electron chi connectivity index (χ0n) is 31.5. The summed E-state index contributed by atoms with van der Waals surface area (Å²) in [4.78, 5) is 42.9. The van der Waals surface area contributed by atoms with Crippen molar-refractivity contribution < 1.29 is 43.9 Å². The molecule has 4 heterocycles. The molecule has 48 heavy (non-hydrogen) atoms. The quantitative estimate of drug-likeness (QED) is 0.279. The number of Topliss-reactive ketones (excluding diaryl/α,β-unsaturated/α-hetero) is 1. The van der Waals surface area contributed by atoms with Crippen LogP contribution in [0.15, 0.2) is 0 Å². The van der Waals surface area contributed by atoms with Gasteiger partial charge in [-0.3, -0.25) is 19.5 Å². The first-order valence-electron chi connectivity index (χ1n) is 17.0. The van der Waals surface area contributed by atoms with E-state index in [1.165, 1.54) is 17.7 Å². The molecular weight excluding hydrogens is 624 g/mol. The summed E-state index contributed by atoms with van der Waals surface area (Å²) in [5.74, 6) is 0.0841. The number of hydrogen-bond acceptors (Lipinski definition) is 13. The predicted molar refractivity (Wildman–Crippen MR) is 186 cm³/mol. The number of aliphatic hydroxyl groups excluding tert-OH is 3. The Morgan fingerprint density at radius 3 is 1.48 bits per heavy atom. The fourth-order valence-corrected chi connectivity index (χ4v) is 4.29. The molecule has 0 radical (unpaired) electrons. The molecule has 0 saturated carbocycles. The highest BCUT2D eigenvalue weighted by atomic mass is 16.6. The van der Waals surface area contributed by atoms with E-state index in [-0.39, 0.29) is 44.8 Å². The monoisotopic (exact) mass is 693 g/mol. The topological polar surface area (TPSA) is 168 Å². The first-order chi connectivity index (χ1) is 22.4. The molecule has 0 aromatic rings. The van der Waals surface area contributed by atoms with Gasteiger partial charge in [-0.05, 0) is 82.6 Å². The van der Waals surface area contributed by atoms with E-state index >= 15 is 0 Å². The van der Waals surface area contributed by atoms with Crippen molar-refractivity contribution in [3.63, 3.8) is 0 Å². The molecular formula is C33H68N6O9. The SMILES string of the molecule is C1CCOC1.CC(C)(C)OC(=O)N1CC(=O)C1.CN(CCO)C1CN(C(=O)OC(C)(C)C)C1.CN1CC(N(C)CCO)C1.CNCCO. The molecule has 4 fully saturated rings. The van der Waals surface area contributed by atoms with Crippen molar-refractivity contribution in [3.05, 3.63) is 0 Å². The van der Waals surface area contributed by atoms with Crippen LogP contribution < -0.4 is 5.32 Å². The largest absolute Gasteiger partial charge is 0.444 e. The first kappa shape index (κ1) is 45.9. The molecule has 4 N–H and O–H groups in total. The van der Waals surface area contributed by atoms with Gasteiger partial charge in [0.05, 0.1) is 32.9 Å². The van der Waals surface area contributed by atoms with Crippen molar-refractivity contribution >= 4 is 18.0 Å². The summed E-state index contributed by atoms with van der Waals surface area (Å²) in [7, 11) is 7.93. The van der Waals surface area contributed by atoms with Crippen LogP contribution in [0, 0.1) is 0 Å². The Balaban J connectivity index is 0.000000614. The average Bonchev–Trinajstić information content (AvgIpc) is 3.49. The van der Waals surface area contributed by atoms with E-state index in [0.717, 1.165) is 32.8 Å². The van der Waals surface area contributed by atoms with E-state index in [2.05, 4.69) is 34.1 Å². The van der Waals surface area contributed by atoms with Gasteiger partial charge in [-0.1, -0.05) is 0 Å². The number of carbonyl (C=O) groups is 3. The van der Waals surface area contributed by atoms with Crippen LogP contribution in [-0.4, -0.2) is 201 Å². The third-order valence-electron chi connectivity index (χ3n) is 7.29. The van der Waals surface area contributed by atoms with Gasteiger partial charge < -0.3 is 44.6 Å². The normalized spacial score (nSPS) is 18.0. The van der Waals surface area contributed by atoms with Gasteiger partial charge in [-0.25, -0.2) is 9.59 Å². The summed E-state index contributed by atoms with van der Waals surface area (Å²) in [5, 5.41) is 28.2. The highest BCUT2D eigenvalue weighted by Crippen LogP contribution is 2.18. The molecule has 4 saturated heterocycles. The molecule has 284 valence electrons. The van der Waals surface area contributed by atoms with Gasteiger partial charge in [0.2, 0.25) is 0 Å². The maximum Gasteiger partial charge on any atom is 0.411 e. The minimum atomic E-state index is -0.476. The Morgan fingerprint density at radius 2 is 1.21 bits per heavy atom. The number of ketones is 1. The van der Waals surface area contributed by atoms with Gasteiger partial charge in [-0.15, -0.1) is 0 Å². The second-order valence-electron chi connectivity index (χ2n) is 14.3. The molecule has 15 heteroatoms. The van der Waals surface area contributed by atoms with Crippen molar-refractivity contribution in [3.8, 4) is 0 Å². The third kappa shape index (κ3) is 21.8. The van der Waals surface area contributed by atoms with Crippen LogP contribution in [0.4, 0.5) is 9.59 Å². The van der Waals surface area contributed by atoms with Gasteiger partial charge in [0, 0.05) is 71.1 Å². The number of likely N-dealkylation sites (tertiary alicyclic amines) is 3. The van der Waals surface area contributed by atoms with Crippen molar-refractivity contribution in [2.45, 2.75) is 77.7 Å². The van der Waals surface area contributed by atoms with Crippen molar-refractivity contribution in [1.29, 1.82) is 0 Å². The van der Waals surface area contributed by atoms with E-state index in [1.807, 2.05) is 27.8 Å². The number of hydrogen-bond donors (Lipinski definition) is 4. The van der Waals surface area contributed by atoms with E-state index in [0.29, 0.717) is 38.3 Å². The fraction of sp³-hybridized carbons (Fsp3) is 0.909. The summed E-state index contributed by atoms with van der Waals surface area (Å²) >= 11 is 0. The number of nitrogens with one attached hydrogen (secondary N) is 1. The molecule has 4 aliphatic heterocycles. The van der Waals surface area contributed by atoms with Crippen LogP contribution in [0.2, 0.25) is 0 Å². The predicted octanol–water partition coefficient (Wildman–Crippen LogP) is 0.555. The standard InChI is InChI=1S/C11H22N2O3.C8H13NO3.C7H16N2O.C4H8O.C3H9NO/c1-11(2,3)16-10(15)13-7-9(8-13)12(4)5-6-14;1-8(2,3)12-7(11)9-4-6(10)5-9;1-8-5-7(6-8)9(2)3-4-10;1-2-4-5-3-1;1-4-2-3-5/h9,14H,5-8H2,1-4H3;4-5H2,1-3H3;7,10H,3-6H2,1-2H3;1-4H2;4-5H,2-3H2,1H3. The van der Waals surface area contributed by atoms with Crippen LogP contribution in [0.3, 0.4) is 0 Å². The summed E-state index contributed by atoms with van der Waals surface area (Å²) in [6.07, 6.45) is 1.91. The maximum atomic E-state index is 11.6. The minimum absolute atomic E-state index is 0.0841. The van der Waals surface area contributed by atoms with Crippen LogP contribution >= 0.6 is 0 Å². The van der Waals surface area contributed by atoms with E-state index in [9.17, 15) is 14.4 Å². The number of nitrogens with zero attached hydrogens (tertiary/aromatic N) is 5. The van der Waals surface area contributed by atoms with Crippen LogP contribution in [0.1, 0.15) is 54.4 Å². The van der Waals surface area contributed by atoms with Crippen molar-refractivity contribution in [1.82, 2.24) is 29.8 Å². The maximum absolute atomic E-state index is 11.6. The lowest BCUT2D eigenvalue weighted by Crippen LogP contribution is -2.61. The molecule has 2 amide bonds. The van der Waals surface area contributed by atoms with Crippen molar-refractivity contribution in [2.75, 3.05) is 120 Å². The first-order valence-corrected chi connectivity index (χ1v) is 17.0. The molecule has 0 aromatic carbocycles. The molecule has 15 nitrogen and oxygen atoms in total. The van der Waals surface area contributed by atoms with Crippen molar-refractivity contribution in [2.24, 2.45) is 0 Å².